The first-order valence-electron chi connectivity index (χ1n) is 6.41. The topological polar surface area (TPSA) is 48.7 Å². The molecule has 0 amide bonds. The number of ether oxygens (including phenoxy) is 2. The molecule has 0 saturated heterocycles. The Kier molecular flexibility index (Phi) is 4.93. The number of benzene rings is 1. The van der Waals surface area contributed by atoms with Crippen molar-refractivity contribution >= 4 is 11.9 Å². The van der Waals surface area contributed by atoms with Gasteiger partial charge in [0.05, 0.1) is 7.11 Å². The molecule has 1 aromatic heterocycles. The van der Waals surface area contributed by atoms with Crippen molar-refractivity contribution < 1.29 is 27.5 Å². The Morgan fingerprint density at radius 2 is 2.00 bits per heavy atom. The molecule has 1 aromatic carbocycles. The van der Waals surface area contributed by atoms with Crippen LogP contribution >= 0.6 is 0 Å². The molecule has 0 unspecified atom stereocenters. The Bertz CT molecular complexity index is 689. The van der Waals surface area contributed by atoms with E-state index in [-0.39, 0.29) is 23.0 Å². The molecule has 2 aromatic rings. The lowest BCUT2D eigenvalue weighted by atomic mass is 10.1. The van der Waals surface area contributed by atoms with E-state index in [4.69, 9.17) is 9.15 Å². The fourth-order valence-corrected chi connectivity index (χ4v) is 1.80. The molecule has 0 aliphatic heterocycles. The molecule has 22 heavy (non-hydrogen) atoms. The Morgan fingerprint density at radius 3 is 2.59 bits per heavy atom. The van der Waals surface area contributed by atoms with Crippen molar-refractivity contribution in [2.45, 2.75) is 13.5 Å². The van der Waals surface area contributed by atoms with E-state index in [1.54, 1.807) is 19.1 Å². The van der Waals surface area contributed by atoms with Crippen LogP contribution in [-0.4, -0.2) is 19.5 Å². The summed E-state index contributed by atoms with van der Waals surface area (Å²) in [5.41, 5.74) is 0.607. The third-order valence-electron chi connectivity index (χ3n) is 2.81. The monoisotopic (exact) mass is 308 g/mol. The molecule has 0 N–H and O–H groups in total. The standard InChI is InChI=1S/C16H14F2O4/c1-10-3-7-13(21-10)12(19)6-4-11-5-8-14(22-16(17)18)15(9-11)20-2/h3-9,16H,1-2H3. The number of furan rings is 1. The van der Waals surface area contributed by atoms with Crippen LogP contribution in [0.15, 0.2) is 40.8 Å². The van der Waals surface area contributed by atoms with Gasteiger partial charge in [-0.05, 0) is 42.8 Å². The van der Waals surface area contributed by atoms with Crippen molar-refractivity contribution in [1.29, 1.82) is 0 Å². The lowest BCUT2D eigenvalue weighted by molar-refractivity contribution is -0.0512. The average Bonchev–Trinajstić information content (AvgIpc) is 2.92. The third kappa shape index (κ3) is 3.94. The summed E-state index contributed by atoms with van der Waals surface area (Å²) in [6.07, 6.45) is 2.87. The van der Waals surface area contributed by atoms with Crippen LogP contribution in [0.1, 0.15) is 21.9 Å². The number of allylic oxidation sites excluding steroid dienone is 1. The summed E-state index contributed by atoms with van der Waals surface area (Å²) < 4.78 is 39.0. The molecular formula is C16H14F2O4. The average molecular weight is 308 g/mol. The quantitative estimate of drug-likeness (QED) is 0.595. The van der Waals surface area contributed by atoms with E-state index in [9.17, 15) is 13.6 Å². The maximum Gasteiger partial charge on any atom is 0.387 e. The minimum Gasteiger partial charge on any atom is -0.493 e. The van der Waals surface area contributed by atoms with E-state index in [1.807, 2.05) is 0 Å². The van der Waals surface area contributed by atoms with Crippen LogP contribution in [0.2, 0.25) is 0 Å². The second-order valence-corrected chi connectivity index (χ2v) is 4.40. The lowest BCUT2D eigenvalue weighted by Gasteiger charge is -2.10. The van der Waals surface area contributed by atoms with E-state index in [0.29, 0.717) is 11.3 Å². The molecule has 4 nitrogen and oxygen atoms in total. The van der Waals surface area contributed by atoms with Gasteiger partial charge in [0.15, 0.2) is 17.3 Å². The summed E-state index contributed by atoms with van der Waals surface area (Å²) in [4.78, 5) is 11.9. The van der Waals surface area contributed by atoms with Crippen molar-refractivity contribution in [3.63, 3.8) is 0 Å². The van der Waals surface area contributed by atoms with Crippen molar-refractivity contribution in [1.82, 2.24) is 0 Å². The first-order valence-corrected chi connectivity index (χ1v) is 6.41. The number of hydrogen-bond acceptors (Lipinski definition) is 4. The van der Waals surface area contributed by atoms with Gasteiger partial charge < -0.3 is 13.9 Å². The molecule has 2 rings (SSSR count). The number of halogens is 2. The van der Waals surface area contributed by atoms with E-state index in [1.165, 1.54) is 37.5 Å². The molecule has 0 atom stereocenters. The molecule has 0 aliphatic carbocycles. The fourth-order valence-electron chi connectivity index (χ4n) is 1.80. The van der Waals surface area contributed by atoms with Crippen molar-refractivity contribution in [3.8, 4) is 11.5 Å². The summed E-state index contributed by atoms with van der Waals surface area (Å²) in [7, 11) is 1.35. The lowest BCUT2D eigenvalue weighted by Crippen LogP contribution is -2.03. The summed E-state index contributed by atoms with van der Waals surface area (Å²) in [6.45, 7) is -1.19. The Balaban J connectivity index is 2.15. The van der Waals surface area contributed by atoms with Crippen LogP contribution in [0.25, 0.3) is 6.08 Å². The second kappa shape index (κ2) is 6.89. The van der Waals surface area contributed by atoms with Crippen LogP contribution in [0, 0.1) is 6.92 Å². The number of aryl methyl sites for hydroxylation is 1. The molecule has 1 heterocycles. The predicted molar refractivity (Wildman–Crippen MR) is 76.4 cm³/mol. The maximum absolute atomic E-state index is 12.2. The highest BCUT2D eigenvalue weighted by molar-refractivity contribution is 6.04. The van der Waals surface area contributed by atoms with E-state index >= 15 is 0 Å². The van der Waals surface area contributed by atoms with Gasteiger partial charge in [-0.2, -0.15) is 8.78 Å². The molecule has 0 saturated carbocycles. The Morgan fingerprint density at radius 1 is 1.23 bits per heavy atom. The van der Waals surface area contributed by atoms with Crippen molar-refractivity contribution in [2.24, 2.45) is 0 Å². The van der Waals surface area contributed by atoms with Crippen LogP contribution in [-0.2, 0) is 0 Å². The zero-order valence-electron chi connectivity index (χ0n) is 12.0. The van der Waals surface area contributed by atoms with Crippen molar-refractivity contribution in [3.05, 3.63) is 53.5 Å². The molecule has 0 fully saturated rings. The van der Waals surface area contributed by atoms with E-state index < -0.39 is 6.61 Å². The highest BCUT2D eigenvalue weighted by Gasteiger charge is 2.11. The number of hydrogen-bond donors (Lipinski definition) is 0. The van der Waals surface area contributed by atoms with E-state index in [2.05, 4.69) is 4.74 Å². The van der Waals surface area contributed by atoms with Gasteiger partial charge in [-0.1, -0.05) is 12.1 Å². The normalized spacial score (nSPS) is 11.1. The first-order chi connectivity index (χ1) is 10.5. The van der Waals surface area contributed by atoms with Gasteiger partial charge in [-0.25, -0.2) is 0 Å². The van der Waals surface area contributed by atoms with Gasteiger partial charge in [-0.15, -0.1) is 0 Å². The summed E-state index contributed by atoms with van der Waals surface area (Å²) in [5.74, 6) is 0.677. The highest BCUT2D eigenvalue weighted by atomic mass is 19.3. The van der Waals surface area contributed by atoms with Gasteiger partial charge in [0.1, 0.15) is 5.76 Å². The zero-order chi connectivity index (χ0) is 16.1. The van der Waals surface area contributed by atoms with Gasteiger partial charge >= 0.3 is 6.61 Å². The van der Waals surface area contributed by atoms with Gasteiger partial charge in [-0.3, -0.25) is 4.79 Å². The minimum atomic E-state index is -2.93. The molecule has 0 aliphatic rings. The van der Waals surface area contributed by atoms with Crippen molar-refractivity contribution in [2.75, 3.05) is 7.11 Å². The van der Waals surface area contributed by atoms with Gasteiger partial charge in [0.2, 0.25) is 5.78 Å². The van der Waals surface area contributed by atoms with Gasteiger partial charge in [0.25, 0.3) is 0 Å². The third-order valence-corrected chi connectivity index (χ3v) is 2.81. The number of ketones is 1. The predicted octanol–water partition coefficient (Wildman–Crippen LogP) is 4.09. The number of rotatable bonds is 6. The molecular weight excluding hydrogens is 294 g/mol. The SMILES string of the molecule is COc1cc(C=CC(=O)c2ccc(C)o2)ccc1OC(F)F. The summed E-state index contributed by atoms with van der Waals surface area (Å²) in [5, 5.41) is 0. The van der Waals surface area contributed by atoms with E-state index in [0.717, 1.165) is 0 Å². The number of carbonyl (C=O) groups is 1. The highest BCUT2D eigenvalue weighted by Crippen LogP contribution is 2.29. The zero-order valence-corrected chi connectivity index (χ0v) is 12.0. The Hall–Kier alpha value is -2.63. The molecule has 116 valence electrons. The molecule has 0 radical (unpaired) electrons. The van der Waals surface area contributed by atoms with Gasteiger partial charge in [0, 0.05) is 0 Å². The smallest absolute Gasteiger partial charge is 0.387 e. The molecule has 0 bridgehead atoms. The number of carbonyl (C=O) groups excluding carboxylic acids is 1. The number of methoxy groups -OCH3 is 1. The number of alkyl halides is 2. The summed E-state index contributed by atoms with van der Waals surface area (Å²) >= 11 is 0. The first kappa shape index (κ1) is 15.8. The van der Waals surface area contributed by atoms with Crippen LogP contribution in [0.5, 0.6) is 11.5 Å². The maximum atomic E-state index is 12.2. The second-order valence-electron chi connectivity index (χ2n) is 4.40. The minimum absolute atomic E-state index is 0.0670. The molecule has 6 heteroatoms. The Labute approximate surface area is 126 Å². The summed E-state index contributed by atoms with van der Waals surface area (Å²) in [6, 6.07) is 7.67. The largest absolute Gasteiger partial charge is 0.493 e. The van der Waals surface area contributed by atoms with Crippen LogP contribution < -0.4 is 9.47 Å². The molecule has 0 spiro atoms. The van der Waals surface area contributed by atoms with Crippen LogP contribution in [0.3, 0.4) is 0 Å². The fraction of sp³-hybridized carbons (Fsp3) is 0.188. The van der Waals surface area contributed by atoms with Crippen LogP contribution in [0.4, 0.5) is 8.78 Å².